The first-order valence-corrected chi connectivity index (χ1v) is 8.22. The highest BCUT2D eigenvalue weighted by Gasteiger charge is 2.21. The quantitative estimate of drug-likeness (QED) is 0.679. The van der Waals surface area contributed by atoms with Gasteiger partial charge in [0, 0.05) is 50.8 Å². The van der Waals surface area contributed by atoms with Crippen LogP contribution in [0.2, 0.25) is 0 Å². The van der Waals surface area contributed by atoms with Gasteiger partial charge in [-0.05, 0) is 24.3 Å². The maximum Gasteiger partial charge on any atom is 0.246 e. The molecule has 1 saturated heterocycles. The topological polar surface area (TPSA) is 66.6 Å². The minimum atomic E-state index is 0.0134. The second-order valence-corrected chi connectivity index (χ2v) is 5.81. The van der Waals surface area contributed by atoms with Crippen LogP contribution in [0.15, 0.2) is 55.1 Å². The number of imidazole rings is 1. The molecule has 0 aliphatic carbocycles. The fourth-order valence-corrected chi connectivity index (χ4v) is 2.92. The lowest BCUT2D eigenvalue weighted by Gasteiger charge is -2.34. The number of nitrogens with zero attached hydrogens (tertiary/aromatic N) is 6. The summed E-state index contributed by atoms with van der Waals surface area (Å²) >= 11 is 0. The highest BCUT2D eigenvalue weighted by Crippen LogP contribution is 2.11. The Bertz CT molecular complexity index is 896. The molecule has 0 aromatic carbocycles. The molecule has 7 nitrogen and oxygen atoms in total. The summed E-state index contributed by atoms with van der Waals surface area (Å²) in [5.74, 6) is 0.732. The molecule has 0 saturated carbocycles. The number of amides is 1. The Labute approximate surface area is 145 Å². The number of carbonyl (C=O) groups excluding carboxylic acids is 1. The van der Waals surface area contributed by atoms with Crippen LogP contribution >= 0.6 is 0 Å². The smallest absolute Gasteiger partial charge is 0.246 e. The molecule has 0 bridgehead atoms. The lowest BCUT2D eigenvalue weighted by Crippen LogP contribution is -2.48. The Morgan fingerprint density at radius 2 is 1.80 bits per heavy atom. The Balaban J connectivity index is 1.39. The van der Waals surface area contributed by atoms with Crippen LogP contribution in [-0.4, -0.2) is 56.3 Å². The average molecular weight is 334 g/mol. The molecule has 0 N–H and O–H groups in total. The Morgan fingerprint density at radius 3 is 2.60 bits per heavy atom. The van der Waals surface area contributed by atoms with E-state index in [1.54, 1.807) is 30.7 Å². The van der Waals surface area contributed by atoms with Crippen LogP contribution in [-0.2, 0) is 4.79 Å². The number of carbonyl (C=O) groups is 1. The van der Waals surface area contributed by atoms with Gasteiger partial charge < -0.3 is 14.2 Å². The van der Waals surface area contributed by atoms with E-state index >= 15 is 0 Å². The molecule has 126 valence electrons. The summed E-state index contributed by atoms with van der Waals surface area (Å²) in [5, 5.41) is 0. The predicted molar refractivity (Wildman–Crippen MR) is 95.1 cm³/mol. The monoisotopic (exact) mass is 334 g/mol. The molecule has 1 amide bonds. The molecule has 0 spiro atoms. The number of piperazine rings is 1. The average Bonchev–Trinajstić information content (AvgIpc) is 3.10. The Kier molecular flexibility index (Phi) is 4.12. The number of fused-ring (bicyclic) bond motifs is 1. The van der Waals surface area contributed by atoms with Gasteiger partial charge in [-0.1, -0.05) is 6.07 Å². The molecule has 0 unspecified atom stereocenters. The van der Waals surface area contributed by atoms with Crippen molar-refractivity contribution in [1.82, 2.24) is 24.3 Å². The van der Waals surface area contributed by atoms with Crippen molar-refractivity contribution in [3.8, 4) is 0 Å². The van der Waals surface area contributed by atoms with Gasteiger partial charge in [0.05, 0.1) is 11.9 Å². The van der Waals surface area contributed by atoms with E-state index in [1.165, 1.54) is 0 Å². The van der Waals surface area contributed by atoms with Gasteiger partial charge in [0.15, 0.2) is 0 Å². The summed E-state index contributed by atoms with van der Waals surface area (Å²) in [6.07, 6.45) is 10.6. The van der Waals surface area contributed by atoms with Crippen LogP contribution < -0.4 is 4.90 Å². The van der Waals surface area contributed by atoms with E-state index in [0.29, 0.717) is 13.1 Å². The van der Waals surface area contributed by atoms with Crippen molar-refractivity contribution in [2.24, 2.45) is 0 Å². The highest BCUT2D eigenvalue weighted by molar-refractivity contribution is 5.91. The van der Waals surface area contributed by atoms with Crippen LogP contribution in [0.1, 0.15) is 5.69 Å². The second-order valence-electron chi connectivity index (χ2n) is 5.81. The Hall–Kier alpha value is -3.22. The molecule has 25 heavy (non-hydrogen) atoms. The maximum atomic E-state index is 12.4. The minimum absolute atomic E-state index is 0.0134. The molecular weight excluding hydrogens is 316 g/mol. The normalized spacial score (nSPS) is 15.2. The van der Waals surface area contributed by atoms with Crippen molar-refractivity contribution in [2.45, 2.75) is 0 Å². The van der Waals surface area contributed by atoms with E-state index in [9.17, 15) is 4.79 Å². The first kappa shape index (κ1) is 15.3. The van der Waals surface area contributed by atoms with Crippen molar-refractivity contribution in [3.63, 3.8) is 0 Å². The van der Waals surface area contributed by atoms with E-state index in [1.807, 2.05) is 39.8 Å². The third-order valence-corrected chi connectivity index (χ3v) is 4.27. The standard InChI is InChI=1S/C18H18N6O/c25-17(6-5-15-14-21-16-4-1-2-9-24(15)16)22-10-12-23(13-11-22)18-19-7-3-8-20-18/h1-9,14H,10-13H2/b6-5+. The number of aromatic nitrogens is 4. The van der Waals surface area contributed by atoms with Gasteiger partial charge in [0.2, 0.25) is 11.9 Å². The predicted octanol–water partition coefficient (Wildman–Crippen LogP) is 1.49. The van der Waals surface area contributed by atoms with E-state index in [4.69, 9.17) is 0 Å². The van der Waals surface area contributed by atoms with Crippen LogP contribution in [0.25, 0.3) is 11.7 Å². The molecule has 7 heteroatoms. The zero-order valence-corrected chi connectivity index (χ0v) is 13.7. The van der Waals surface area contributed by atoms with E-state index in [2.05, 4.69) is 19.9 Å². The van der Waals surface area contributed by atoms with Gasteiger partial charge in [0.1, 0.15) is 5.65 Å². The molecule has 4 heterocycles. The van der Waals surface area contributed by atoms with Crippen LogP contribution in [0.4, 0.5) is 5.95 Å². The van der Waals surface area contributed by atoms with E-state index in [-0.39, 0.29) is 5.91 Å². The fraction of sp³-hybridized carbons (Fsp3) is 0.222. The molecule has 3 aromatic rings. The van der Waals surface area contributed by atoms with Crippen molar-refractivity contribution in [1.29, 1.82) is 0 Å². The van der Waals surface area contributed by atoms with Gasteiger partial charge in [-0.25, -0.2) is 15.0 Å². The Morgan fingerprint density at radius 1 is 1.00 bits per heavy atom. The first-order chi connectivity index (χ1) is 12.3. The van der Waals surface area contributed by atoms with Gasteiger partial charge in [-0.15, -0.1) is 0 Å². The highest BCUT2D eigenvalue weighted by atomic mass is 16.2. The van der Waals surface area contributed by atoms with Gasteiger partial charge in [0.25, 0.3) is 0 Å². The van der Waals surface area contributed by atoms with Gasteiger partial charge in [-0.2, -0.15) is 0 Å². The molecule has 1 aliphatic heterocycles. The van der Waals surface area contributed by atoms with Crippen LogP contribution in [0, 0.1) is 0 Å². The molecule has 1 aliphatic rings. The van der Waals surface area contributed by atoms with E-state index in [0.717, 1.165) is 30.4 Å². The third kappa shape index (κ3) is 3.21. The second kappa shape index (κ2) is 6.72. The fourth-order valence-electron chi connectivity index (χ4n) is 2.92. The van der Waals surface area contributed by atoms with Crippen molar-refractivity contribution in [2.75, 3.05) is 31.1 Å². The van der Waals surface area contributed by atoms with Crippen LogP contribution in [0.3, 0.4) is 0 Å². The SMILES string of the molecule is O=C(/C=C/c1cnc2ccccn12)N1CCN(c2ncccn2)CC1. The maximum absolute atomic E-state index is 12.4. The van der Waals surface area contributed by atoms with E-state index < -0.39 is 0 Å². The number of rotatable bonds is 3. The number of hydrogen-bond acceptors (Lipinski definition) is 5. The van der Waals surface area contributed by atoms with Crippen molar-refractivity contribution in [3.05, 3.63) is 60.8 Å². The minimum Gasteiger partial charge on any atom is -0.337 e. The third-order valence-electron chi connectivity index (χ3n) is 4.27. The lowest BCUT2D eigenvalue weighted by atomic mass is 10.3. The van der Waals surface area contributed by atoms with Crippen molar-refractivity contribution < 1.29 is 4.79 Å². The number of anilines is 1. The summed E-state index contributed by atoms with van der Waals surface area (Å²) in [7, 11) is 0. The van der Waals surface area contributed by atoms with Crippen molar-refractivity contribution >= 4 is 23.6 Å². The molecule has 0 atom stereocenters. The van der Waals surface area contributed by atoms with Gasteiger partial charge in [-0.3, -0.25) is 4.79 Å². The summed E-state index contributed by atoms with van der Waals surface area (Å²) in [6.45, 7) is 2.79. The molecule has 1 fully saturated rings. The number of hydrogen-bond donors (Lipinski definition) is 0. The molecule has 3 aromatic heterocycles. The zero-order valence-electron chi connectivity index (χ0n) is 13.7. The molecular formula is C18H18N6O. The van der Waals surface area contributed by atoms with Crippen LogP contribution in [0.5, 0.6) is 0 Å². The molecule has 4 rings (SSSR count). The first-order valence-electron chi connectivity index (χ1n) is 8.22. The zero-order chi connectivity index (χ0) is 17.1. The summed E-state index contributed by atoms with van der Waals surface area (Å²) in [4.78, 5) is 29.2. The summed E-state index contributed by atoms with van der Waals surface area (Å²) < 4.78 is 1.95. The largest absolute Gasteiger partial charge is 0.337 e. The number of pyridine rings is 1. The summed E-state index contributed by atoms with van der Waals surface area (Å²) in [5.41, 5.74) is 1.76. The summed E-state index contributed by atoms with van der Waals surface area (Å²) in [6, 6.07) is 7.62. The van der Waals surface area contributed by atoms with Gasteiger partial charge >= 0.3 is 0 Å². The molecule has 0 radical (unpaired) electrons. The lowest BCUT2D eigenvalue weighted by molar-refractivity contribution is -0.126.